The maximum absolute atomic E-state index is 5.52. The molecule has 0 aliphatic heterocycles. The summed E-state index contributed by atoms with van der Waals surface area (Å²) >= 11 is 1.83. The zero-order valence-corrected chi connectivity index (χ0v) is 65.3. The first-order valence-electron chi connectivity index (χ1n) is 40.8. The second-order valence-electron chi connectivity index (χ2n) is 31.6. The second-order valence-corrected chi connectivity index (χ2v) is 32.7. The first kappa shape index (κ1) is 66.4. The summed E-state index contributed by atoms with van der Waals surface area (Å²) in [6.45, 7) is 0. The molecule has 27 aromatic rings. The fourth-order valence-electron chi connectivity index (χ4n) is 19.7. The lowest BCUT2D eigenvalue weighted by atomic mass is 10.0. The smallest absolute Gasteiger partial charge is 0.165 e. The van der Waals surface area contributed by atoms with Crippen LogP contribution in [0.3, 0.4) is 0 Å². The van der Waals surface area contributed by atoms with E-state index in [4.69, 9.17) is 19.9 Å². The zero-order chi connectivity index (χ0) is 78.4. The molecule has 19 aromatic carbocycles. The first-order chi connectivity index (χ1) is 59.5. The van der Waals surface area contributed by atoms with Gasteiger partial charge in [0.25, 0.3) is 0 Å². The number of benzene rings is 19. The topological polar surface area (TPSA) is 76.2 Å². The molecule has 0 amide bonds. The van der Waals surface area contributed by atoms with Gasteiger partial charge in [-0.05, 0) is 166 Å². The molecule has 27 rings (SSSR count). The third-order valence-electron chi connectivity index (χ3n) is 25.0. The van der Waals surface area contributed by atoms with Gasteiger partial charge in [-0.15, -0.1) is 11.3 Å². The highest BCUT2D eigenvalue weighted by Gasteiger charge is 2.26. The Morgan fingerprint density at radius 3 is 1.03 bits per heavy atom. The van der Waals surface area contributed by atoms with Gasteiger partial charge >= 0.3 is 0 Å². The van der Waals surface area contributed by atoms with Crippen LogP contribution in [0.15, 0.2) is 394 Å². The Kier molecular flexibility index (Phi) is 14.3. The van der Waals surface area contributed by atoms with Gasteiger partial charge in [-0.2, -0.15) is 0 Å². The third-order valence-corrected chi connectivity index (χ3v) is 26.1. The van der Waals surface area contributed by atoms with E-state index in [-0.39, 0.29) is 0 Å². The SMILES string of the molecule is c1ccc(-n2c3ccccc3c3ccc(-c4nc5ccccc5nc4-n4c5ccccc5c5cc6ccc(-n7c8ccccc8c8ccc9ccccc9c87)cc6cc54)cc32)cc1.c1ccc2c(c1)ccc1c3ccccc3n(-c3ccc4cc5c6ccccc6n(-c6nc7ccccc7nc6-c6ccc7c(c6)sc6ccccc67)c5cc4c3)c21. The van der Waals surface area contributed by atoms with E-state index in [9.17, 15) is 0 Å². The lowest BCUT2D eigenvalue weighted by Crippen LogP contribution is -2.04. The van der Waals surface area contributed by atoms with Gasteiger partial charge in [-0.1, -0.05) is 261 Å². The number of rotatable bonds is 7. The Balaban J connectivity index is 0.000000130. The Hall–Kier alpha value is -15.9. The Morgan fingerprint density at radius 2 is 0.525 bits per heavy atom. The van der Waals surface area contributed by atoms with Crippen LogP contribution in [0.1, 0.15) is 0 Å². The predicted octanol–water partition coefficient (Wildman–Crippen LogP) is 29.1. The summed E-state index contributed by atoms with van der Waals surface area (Å²) in [5, 5.41) is 24.4. The molecule has 120 heavy (non-hydrogen) atoms. The Bertz CT molecular complexity index is 9090. The molecule has 0 bridgehead atoms. The molecule has 10 heteroatoms. The molecule has 0 saturated heterocycles. The highest BCUT2D eigenvalue weighted by Crippen LogP contribution is 2.47. The number of nitrogens with zero attached hydrogens (tertiary/aromatic N) is 9. The van der Waals surface area contributed by atoms with E-state index >= 15 is 0 Å². The van der Waals surface area contributed by atoms with Gasteiger partial charge in [0.05, 0.1) is 77.2 Å². The molecule has 0 aliphatic rings. The van der Waals surface area contributed by atoms with Crippen molar-refractivity contribution in [1.29, 1.82) is 0 Å². The molecule has 0 N–H and O–H groups in total. The molecule has 0 radical (unpaired) electrons. The number of aromatic nitrogens is 9. The maximum atomic E-state index is 5.52. The standard InChI is InChI=1S/C58H35N5.C52H30N4S/c1-2-15-40(16-3-1)61-51-23-11-6-18-43(51)46-30-28-38(34-54(46)61)56-58(60-50-22-10-9-21-49(50)59-56)63-53-25-13-8-20-45(53)48-33-37-26-29-41(32-39(37)35-55(48)63)62-52-24-12-7-19-44(52)47-31-27-36-14-4-5-17-42(36)57(47)62;1-2-12-36-31(11-1)22-26-41-37-13-3-8-18-45(37)55(51(36)41)35-24-21-32-28-42-38-14-4-9-19-46(38)56(47(42)29-34(32)27-35)52-50(53-43-16-6-7-17-44(43)54-52)33-23-25-40-39-15-5-10-20-48(39)57-49(40)30-33/h1-35H;1-30H. The molecule has 0 spiro atoms. The van der Waals surface area contributed by atoms with E-state index in [1.165, 1.54) is 134 Å². The average Bonchev–Trinajstić information content (AvgIpc) is 1.57. The van der Waals surface area contributed by atoms with Gasteiger partial charge in [0, 0.05) is 113 Å². The van der Waals surface area contributed by atoms with Crippen LogP contribution in [0, 0.1) is 0 Å². The van der Waals surface area contributed by atoms with Crippen molar-refractivity contribution in [3.8, 4) is 51.2 Å². The quantitative estimate of drug-likeness (QED) is 0.159. The molecule has 8 aromatic heterocycles. The van der Waals surface area contributed by atoms with Crippen LogP contribution in [0.5, 0.6) is 0 Å². The van der Waals surface area contributed by atoms with Crippen molar-refractivity contribution in [3.63, 3.8) is 0 Å². The van der Waals surface area contributed by atoms with Crippen molar-refractivity contribution >= 4 is 206 Å². The van der Waals surface area contributed by atoms with Crippen LogP contribution < -0.4 is 0 Å². The van der Waals surface area contributed by atoms with Gasteiger partial charge in [0.1, 0.15) is 11.4 Å². The fourth-order valence-corrected chi connectivity index (χ4v) is 20.8. The Morgan fingerprint density at radius 1 is 0.175 bits per heavy atom. The van der Waals surface area contributed by atoms with Crippen LogP contribution in [0.4, 0.5) is 0 Å². The number of para-hydroxylation sites is 10. The minimum Gasteiger partial charge on any atom is -0.309 e. The summed E-state index contributed by atoms with van der Waals surface area (Å²) in [5.41, 5.74) is 22.1. The maximum Gasteiger partial charge on any atom is 0.165 e. The molecule has 556 valence electrons. The van der Waals surface area contributed by atoms with E-state index in [0.29, 0.717) is 0 Å². The van der Waals surface area contributed by atoms with Crippen molar-refractivity contribution < 1.29 is 0 Å². The minimum atomic E-state index is 0.797. The summed E-state index contributed by atoms with van der Waals surface area (Å²) in [4.78, 5) is 21.8. The van der Waals surface area contributed by atoms with Crippen LogP contribution in [0.25, 0.3) is 246 Å². The predicted molar refractivity (Wildman–Crippen MR) is 505 cm³/mol. The fraction of sp³-hybridized carbons (Fsp3) is 0. The van der Waals surface area contributed by atoms with Crippen LogP contribution in [-0.2, 0) is 0 Å². The zero-order valence-electron chi connectivity index (χ0n) is 64.5. The van der Waals surface area contributed by atoms with Crippen LogP contribution >= 0.6 is 11.3 Å². The van der Waals surface area contributed by atoms with Crippen molar-refractivity contribution in [2.75, 3.05) is 0 Å². The average molecular weight is 1540 g/mol. The minimum absolute atomic E-state index is 0.797. The van der Waals surface area contributed by atoms with Crippen LogP contribution in [-0.4, -0.2) is 42.8 Å². The largest absolute Gasteiger partial charge is 0.309 e. The molecular formula is C110H65N9S. The normalized spacial score (nSPS) is 12.2. The molecule has 0 fully saturated rings. The summed E-state index contributed by atoms with van der Waals surface area (Å²) < 4.78 is 14.5. The van der Waals surface area contributed by atoms with Gasteiger partial charge in [0.2, 0.25) is 0 Å². The molecule has 8 heterocycles. The highest BCUT2D eigenvalue weighted by molar-refractivity contribution is 7.25. The van der Waals surface area contributed by atoms with Gasteiger partial charge < -0.3 is 13.7 Å². The second kappa shape index (κ2) is 25.8. The number of thiophene rings is 1. The van der Waals surface area contributed by atoms with Gasteiger partial charge in [0.15, 0.2) is 11.6 Å². The summed E-state index contributed by atoms with van der Waals surface area (Å²) in [6, 6.07) is 143. The molecule has 9 nitrogen and oxygen atoms in total. The van der Waals surface area contributed by atoms with Gasteiger partial charge in [-0.25, -0.2) is 19.9 Å². The number of hydrogen-bond donors (Lipinski definition) is 0. The molecule has 0 unspecified atom stereocenters. The number of hydrogen-bond acceptors (Lipinski definition) is 5. The summed E-state index contributed by atoms with van der Waals surface area (Å²) in [6.07, 6.45) is 0. The number of fused-ring (bicyclic) bond motifs is 26. The molecular weight excluding hydrogens is 1480 g/mol. The van der Waals surface area contributed by atoms with E-state index in [0.717, 1.165) is 112 Å². The van der Waals surface area contributed by atoms with Crippen molar-refractivity contribution in [2.45, 2.75) is 0 Å². The summed E-state index contributed by atoms with van der Waals surface area (Å²) in [7, 11) is 0. The Labute approximate surface area is 689 Å². The molecule has 0 atom stereocenters. The van der Waals surface area contributed by atoms with Crippen molar-refractivity contribution in [2.24, 2.45) is 0 Å². The van der Waals surface area contributed by atoms with Gasteiger partial charge in [-0.3, -0.25) is 9.13 Å². The van der Waals surface area contributed by atoms with Crippen molar-refractivity contribution in [3.05, 3.63) is 394 Å². The molecule has 0 saturated carbocycles. The highest BCUT2D eigenvalue weighted by atomic mass is 32.1. The van der Waals surface area contributed by atoms with Crippen LogP contribution in [0.2, 0.25) is 0 Å². The monoisotopic (exact) mass is 1540 g/mol. The van der Waals surface area contributed by atoms with Crippen molar-refractivity contribution in [1.82, 2.24) is 42.8 Å². The van der Waals surface area contributed by atoms with E-state index in [1.54, 1.807) is 0 Å². The third kappa shape index (κ3) is 9.94. The summed E-state index contributed by atoms with van der Waals surface area (Å²) in [5.74, 6) is 1.62. The van der Waals surface area contributed by atoms with E-state index in [2.05, 4.69) is 393 Å². The lowest BCUT2D eigenvalue weighted by molar-refractivity contribution is 1.08. The van der Waals surface area contributed by atoms with E-state index < -0.39 is 0 Å². The van der Waals surface area contributed by atoms with E-state index in [1.807, 2.05) is 35.6 Å². The molecule has 0 aliphatic carbocycles. The lowest BCUT2D eigenvalue weighted by Gasteiger charge is -2.15. The first-order valence-corrected chi connectivity index (χ1v) is 41.6.